The maximum Gasteiger partial charge on any atom is 0.385 e. The lowest BCUT2D eigenvalue weighted by Crippen LogP contribution is -2.44. The van der Waals surface area contributed by atoms with Crippen molar-refractivity contribution < 1.29 is 18.5 Å². The molecule has 0 rings (SSSR count). The van der Waals surface area contributed by atoms with E-state index in [9.17, 15) is 9.46 Å². The van der Waals surface area contributed by atoms with Gasteiger partial charge >= 0.3 is 7.60 Å². The van der Waals surface area contributed by atoms with Crippen LogP contribution in [-0.4, -0.2) is 42.9 Å². The lowest BCUT2D eigenvalue weighted by molar-refractivity contribution is -0.883. The minimum absolute atomic E-state index is 0.347. The van der Waals surface area contributed by atoms with E-state index in [1.165, 1.54) is 116 Å². The second kappa shape index (κ2) is 23.0. The van der Waals surface area contributed by atoms with Crippen LogP contribution in [0.5, 0.6) is 0 Å². The quantitative estimate of drug-likeness (QED) is 0.0538. The van der Waals surface area contributed by atoms with Gasteiger partial charge in [0.2, 0.25) is 0 Å². The molecule has 0 saturated heterocycles. The SMILES string of the molecule is CCCCCC=CCCCCCCCCCCCCCCCCCOP(=O)(O)C(CC)[N+](C)(C)C. The number of rotatable bonds is 26. The fraction of sp³-hybridized carbons (Fsp3) is 0.933. The summed E-state index contributed by atoms with van der Waals surface area (Å²) in [5, 5.41) is 0. The molecule has 0 heterocycles. The molecule has 210 valence electrons. The number of allylic oxidation sites excluding steroid dienone is 2. The van der Waals surface area contributed by atoms with E-state index < -0.39 is 7.60 Å². The number of quaternary nitrogens is 1. The van der Waals surface area contributed by atoms with Crippen molar-refractivity contribution in [2.45, 2.75) is 154 Å². The Morgan fingerprint density at radius 2 is 1.03 bits per heavy atom. The number of unbranched alkanes of at least 4 members (excludes halogenated alkanes) is 18. The van der Waals surface area contributed by atoms with Crippen LogP contribution >= 0.6 is 7.60 Å². The number of hydrogen-bond donors (Lipinski definition) is 1. The molecule has 2 unspecified atom stereocenters. The van der Waals surface area contributed by atoms with E-state index in [0.29, 0.717) is 17.5 Å². The van der Waals surface area contributed by atoms with Gasteiger partial charge in [-0.05, 0) is 32.1 Å². The van der Waals surface area contributed by atoms with Crippen molar-refractivity contribution in [1.82, 2.24) is 0 Å². The van der Waals surface area contributed by atoms with Gasteiger partial charge in [-0.1, -0.05) is 122 Å². The molecule has 0 spiro atoms. The Kier molecular flexibility index (Phi) is 22.9. The molecular formula is C30H63NO3P+. The van der Waals surface area contributed by atoms with E-state index in [4.69, 9.17) is 4.52 Å². The van der Waals surface area contributed by atoms with Crippen molar-refractivity contribution in [2.24, 2.45) is 0 Å². The predicted molar refractivity (Wildman–Crippen MR) is 155 cm³/mol. The molecule has 2 atom stereocenters. The second-order valence-corrected chi connectivity index (χ2v) is 13.4. The van der Waals surface area contributed by atoms with Gasteiger partial charge in [-0.3, -0.25) is 4.57 Å². The molecule has 0 aromatic heterocycles. The summed E-state index contributed by atoms with van der Waals surface area (Å²) < 4.78 is 18.4. The van der Waals surface area contributed by atoms with Gasteiger partial charge < -0.3 is 13.9 Å². The van der Waals surface area contributed by atoms with Gasteiger partial charge in [-0.2, -0.15) is 0 Å². The van der Waals surface area contributed by atoms with Crippen LogP contribution in [0.4, 0.5) is 0 Å². The summed E-state index contributed by atoms with van der Waals surface area (Å²) in [6.45, 7) is 4.63. The maximum absolute atomic E-state index is 12.5. The summed E-state index contributed by atoms with van der Waals surface area (Å²) in [6, 6.07) is 0. The third-order valence-corrected chi connectivity index (χ3v) is 9.43. The van der Waals surface area contributed by atoms with Crippen LogP contribution in [0.3, 0.4) is 0 Å². The molecule has 0 amide bonds. The molecule has 0 aliphatic heterocycles. The Hall–Kier alpha value is -0.150. The van der Waals surface area contributed by atoms with Crippen molar-refractivity contribution >= 4 is 7.60 Å². The van der Waals surface area contributed by atoms with Gasteiger partial charge in [0.25, 0.3) is 0 Å². The second-order valence-electron chi connectivity index (χ2n) is 11.5. The van der Waals surface area contributed by atoms with Gasteiger partial charge in [0.1, 0.15) is 0 Å². The Bertz CT molecular complexity index is 530. The van der Waals surface area contributed by atoms with Crippen molar-refractivity contribution in [2.75, 3.05) is 27.7 Å². The predicted octanol–water partition coefficient (Wildman–Crippen LogP) is 10.0. The normalized spacial score (nSPS) is 15.0. The van der Waals surface area contributed by atoms with Crippen LogP contribution in [0.2, 0.25) is 0 Å². The molecule has 0 aromatic carbocycles. The summed E-state index contributed by atoms with van der Waals surface area (Å²) >= 11 is 0. The van der Waals surface area contributed by atoms with Gasteiger partial charge in [0.15, 0.2) is 5.78 Å². The Balaban J connectivity index is 3.36. The summed E-state index contributed by atoms with van der Waals surface area (Å²) in [5.41, 5.74) is 0. The van der Waals surface area contributed by atoms with E-state index in [1.54, 1.807) is 0 Å². The average molecular weight is 517 g/mol. The Morgan fingerprint density at radius 1 is 0.657 bits per heavy atom. The van der Waals surface area contributed by atoms with E-state index in [0.717, 1.165) is 12.8 Å². The minimum atomic E-state index is -3.55. The molecule has 0 aromatic rings. The van der Waals surface area contributed by atoms with Crippen molar-refractivity contribution in [3.8, 4) is 0 Å². The molecule has 0 radical (unpaired) electrons. The molecule has 5 heteroatoms. The highest BCUT2D eigenvalue weighted by Gasteiger charge is 2.41. The van der Waals surface area contributed by atoms with Crippen molar-refractivity contribution in [3.63, 3.8) is 0 Å². The fourth-order valence-electron chi connectivity index (χ4n) is 4.91. The highest BCUT2D eigenvalue weighted by Crippen LogP contribution is 2.51. The van der Waals surface area contributed by atoms with Crippen LogP contribution in [0.15, 0.2) is 12.2 Å². The summed E-state index contributed by atoms with van der Waals surface area (Å²) in [4.78, 5) is 10.3. The molecule has 0 bridgehead atoms. The summed E-state index contributed by atoms with van der Waals surface area (Å²) in [7, 11) is 2.32. The molecule has 0 aliphatic carbocycles. The Morgan fingerprint density at radius 3 is 1.40 bits per heavy atom. The number of hydrogen-bond acceptors (Lipinski definition) is 2. The molecule has 0 aliphatic rings. The van der Waals surface area contributed by atoms with Crippen LogP contribution in [0.25, 0.3) is 0 Å². The zero-order chi connectivity index (χ0) is 26.3. The third kappa shape index (κ3) is 21.6. The van der Waals surface area contributed by atoms with E-state index in [2.05, 4.69) is 19.1 Å². The molecule has 0 saturated carbocycles. The average Bonchev–Trinajstić information content (AvgIpc) is 2.78. The topological polar surface area (TPSA) is 46.5 Å². The van der Waals surface area contributed by atoms with Crippen LogP contribution in [-0.2, 0) is 9.09 Å². The zero-order valence-electron chi connectivity index (χ0n) is 24.4. The monoisotopic (exact) mass is 516 g/mol. The molecule has 35 heavy (non-hydrogen) atoms. The van der Waals surface area contributed by atoms with Crippen molar-refractivity contribution in [3.05, 3.63) is 12.2 Å². The van der Waals surface area contributed by atoms with E-state index in [1.807, 2.05) is 28.1 Å². The first kappa shape index (κ1) is 34.9. The summed E-state index contributed by atoms with van der Waals surface area (Å²) in [5.74, 6) is -0.347. The van der Waals surface area contributed by atoms with Crippen LogP contribution < -0.4 is 0 Å². The highest BCUT2D eigenvalue weighted by molar-refractivity contribution is 7.53. The minimum Gasteiger partial charge on any atom is -0.320 e. The van der Waals surface area contributed by atoms with Crippen molar-refractivity contribution in [1.29, 1.82) is 0 Å². The largest absolute Gasteiger partial charge is 0.385 e. The zero-order valence-corrected chi connectivity index (χ0v) is 25.3. The first-order valence-corrected chi connectivity index (χ1v) is 16.8. The first-order chi connectivity index (χ1) is 16.8. The van der Waals surface area contributed by atoms with Gasteiger partial charge in [0, 0.05) is 6.42 Å². The molecule has 1 N–H and O–H groups in total. The van der Waals surface area contributed by atoms with Gasteiger partial charge in [-0.15, -0.1) is 0 Å². The molecular weight excluding hydrogens is 453 g/mol. The lowest BCUT2D eigenvalue weighted by atomic mass is 10.0. The fourth-order valence-corrected chi connectivity index (χ4v) is 6.81. The van der Waals surface area contributed by atoms with Crippen LogP contribution in [0.1, 0.15) is 149 Å². The Labute approximate surface area is 220 Å². The third-order valence-electron chi connectivity index (χ3n) is 7.07. The summed E-state index contributed by atoms with van der Waals surface area (Å²) in [6.07, 6.45) is 31.8. The standard InChI is InChI=1S/C30H62NO3P/c1-6-8-9-10-11-12-13-14-15-16-17-18-19-20-21-22-23-24-25-26-27-28-29-34-35(32,33)30(7-2)31(3,4)5/h11-12,30H,6-10,13-29H2,1-5H3/p+1. The smallest absolute Gasteiger partial charge is 0.320 e. The van der Waals surface area contributed by atoms with E-state index in [-0.39, 0.29) is 5.78 Å². The molecule has 4 nitrogen and oxygen atoms in total. The lowest BCUT2D eigenvalue weighted by Gasteiger charge is -2.35. The highest BCUT2D eigenvalue weighted by atomic mass is 31.2. The number of nitrogens with zero attached hydrogens (tertiary/aromatic N) is 1. The van der Waals surface area contributed by atoms with Gasteiger partial charge in [-0.25, -0.2) is 0 Å². The van der Waals surface area contributed by atoms with Gasteiger partial charge in [0.05, 0.1) is 27.7 Å². The first-order valence-electron chi connectivity index (χ1n) is 15.2. The molecule has 0 fully saturated rings. The maximum atomic E-state index is 12.5. The van der Waals surface area contributed by atoms with Crippen LogP contribution in [0, 0.1) is 0 Å². The van der Waals surface area contributed by atoms with E-state index >= 15 is 0 Å².